The van der Waals surface area contributed by atoms with Gasteiger partial charge >= 0.3 is 6.18 Å². The lowest BCUT2D eigenvalue weighted by Gasteiger charge is -2.34. The first-order valence-electron chi connectivity index (χ1n) is 6.30. The molecule has 6 heteroatoms. The monoisotopic (exact) mass is 282 g/mol. The fourth-order valence-corrected chi connectivity index (χ4v) is 2.46. The average molecular weight is 282 g/mol. The van der Waals surface area contributed by atoms with Crippen molar-refractivity contribution < 1.29 is 18.0 Å². The molecule has 1 aromatic carbocycles. The number of alkyl halides is 3. The van der Waals surface area contributed by atoms with Crippen molar-refractivity contribution in [1.29, 1.82) is 5.26 Å². The quantitative estimate of drug-likeness (QED) is 0.783. The molecular formula is C14H13F3N2O. The molecule has 0 aromatic heterocycles. The van der Waals surface area contributed by atoms with Crippen molar-refractivity contribution in [3.8, 4) is 6.07 Å². The van der Waals surface area contributed by atoms with E-state index in [4.69, 9.17) is 5.26 Å². The Morgan fingerprint density at radius 1 is 1.35 bits per heavy atom. The molecule has 1 saturated heterocycles. The largest absolute Gasteiger partial charge is 0.417 e. The summed E-state index contributed by atoms with van der Waals surface area (Å²) >= 11 is 0. The summed E-state index contributed by atoms with van der Waals surface area (Å²) in [6, 6.07) is 4.75. The van der Waals surface area contributed by atoms with Crippen molar-refractivity contribution in [2.45, 2.75) is 31.5 Å². The van der Waals surface area contributed by atoms with E-state index in [0.717, 1.165) is 31.3 Å². The third-order valence-corrected chi connectivity index (χ3v) is 3.47. The zero-order valence-corrected chi connectivity index (χ0v) is 10.7. The van der Waals surface area contributed by atoms with Gasteiger partial charge in [-0.15, -0.1) is 0 Å². The molecule has 0 radical (unpaired) electrons. The van der Waals surface area contributed by atoms with Gasteiger partial charge in [0.05, 0.1) is 23.2 Å². The Morgan fingerprint density at radius 3 is 2.70 bits per heavy atom. The van der Waals surface area contributed by atoms with Crippen LogP contribution >= 0.6 is 0 Å². The third-order valence-electron chi connectivity index (χ3n) is 3.47. The number of nitriles is 1. The highest BCUT2D eigenvalue weighted by atomic mass is 19.4. The Bertz CT molecular complexity index is 548. The second kappa shape index (κ2) is 5.53. The average Bonchev–Trinajstić information content (AvgIpc) is 2.45. The van der Waals surface area contributed by atoms with Crippen LogP contribution in [0.25, 0.3) is 0 Å². The number of nitrogens with zero attached hydrogens (tertiary/aromatic N) is 2. The second-order valence-electron chi connectivity index (χ2n) is 4.73. The number of piperidine rings is 1. The lowest BCUT2D eigenvalue weighted by atomic mass is 10.0. The summed E-state index contributed by atoms with van der Waals surface area (Å²) in [4.78, 5) is 12.7. The van der Waals surface area contributed by atoms with Gasteiger partial charge in [0.25, 0.3) is 0 Å². The molecule has 0 spiro atoms. The van der Waals surface area contributed by atoms with Gasteiger partial charge in [-0.25, -0.2) is 0 Å². The zero-order chi connectivity index (χ0) is 14.8. The second-order valence-corrected chi connectivity index (χ2v) is 4.73. The number of aldehydes is 1. The van der Waals surface area contributed by atoms with E-state index in [2.05, 4.69) is 0 Å². The molecule has 1 aliphatic heterocycles. The summed E-state index contributed by atoms with van der Waals surface area (Å²) in [6.45, 7) is 0.548. The van der Waals surface area contributed by atoms with Crippen LogP contribution in [0.2, 0.25) is 0 Å². The number of halogens is 3. The van der Waals surface area contributed by atoms with Crippen LogP contribution in [0.1, 0.15) is 30.4 Å². The first-order chi connectivity index (χ1) is 9.47. The van der Waals surface area contributed by atoms with E-state index in [-0.39, 0.29) is 0 Å². The van der Waals surface area contributed by atoms with Crippen molar-refractivity contribution in [3.63, 3.8) is 0 Å². The number of rotatable bonds is 2. The Kier molecular flexibility index (Phi) is 3.98. The molecule has 1 atom stereocenters. The molecule has 1 unspecified atom stereocenters. The number of anilines is 1. The summed E-state index contributed by atoms with van der Waals surface area (Å²) in [6.07, 6.45) is -1.43. The Hall–Kier alpha value is -2.03. The van der Waals surface area contributed by atoms with Crippen LogP contribution in [0, 0.1) is 11.3 Å². The molecular weight excluding hydrogens is 269 g/mol. The summed E-state index contributed by atoms with van der Waals surface area (Å²) < 4.78 is 38.8. The Labute approximate surface area is 114 Å². The van der Waals surface area contributed by atoms with E-state index < -0.39 is 23.3 Å². The Balaban J connectivity index is 2.43. The van der Waals surface area contributed by atoms with E-state index in [1.807, 2.05) is 0 Å². The molecule has 20 heavy (non-hydrogen) atoms. The molecule has 0 bridgehead atoms. The van der Waals surface area contributed by atoms with E-state index in [9.17, 15) is 18.0 Å². The molecule has 1 aliphatic rings. The minimum Gasteiger partial charge on any atom is -0.362 e. The highest BCUT2D eigenvalue weighted by Crippen LogP contribution is 2.35. The smallest absolute Gasteiger partial charge is 0.362 e. The summed E-state index contributed by atoms with van der Waals surface area (Å²) in [5.41, 5.74) is -1.01. The first kappa shape index (κ1) is 14.4. The van der Waals surface area contributed by atoms with Gasteiger partial charge in [-0.2, -0.15) is 18.4 Å². The fourth-order valence-electron chi connectivity index (χ4n) is 2.46. The van der Waals surface area contributed by atoms with Crippen LogP contribution in [0.3, 0.4) is 0 Å². The summed E-state index contributed by atoms with van der Waals surface area (Å²) in [5, 5.41) is 8.76. The number of hydrogen-bond acceptors (Lipinski definition) is 3. The van der Waals surface area contributed by atoms with E-state index in [0.29, 0.717) is 18.7 Å². The summed E-state index contributed by atoms with van der Waals surface area (Å²) in [7, 11) is 0. The van der Waals surface area contributed by atoms with Crippen LogP contribution in [-0.4, -0.2) is 18.9 Å². The highest BCUT2D eigenvalue weighted by molar-refractivity contribution is 5.67. The molecule has 106 valence electrons. The van der Waals surface area contributed by atoms with E-state index >= 15 is 0 Å². The molecule has 1 heterocycles. The van der Waals surface area contributed by atoms with Gasteiger partial charge in [0.2, 0.25) is 0 Å². The molecule has 0 amide bonds. The molecule has 0 aliphatic carbocycles. The highest BCUT2D eigenvalue weighted by Gasteiger charge is 2.35. The maximum absolute atomic E-state index is 12.9. The van der Waals surface area contributed by atoms with Crippen molar-refractivity contribution in [2.75, 3.05) is 11.4 Å². The number of benzene rings is 1. The van der Waals surface area contributed by atoms with Gasteiger partial charge < -0.3 is 9.69 Å². The van der Waals surface area contributed by atoms with Crippen molar-refractivity contribution in [1.82, 2.24) is 0 Å². The van der Waals surface area contributed by atoms with Crippen LogP contribution in [-0.2, 0) is 11.0 Å². The van der Waals surface area contributed by atoms with Gasteiger partial charge in [0.15, 0.2) is 0 Å². The van der Waals surface area contributed by atoms with Crippen LogP contribution in [0.15, 0.2) is 18.2 Å². The zero-order valence-electron chi connectivity index (χ0n) is 10.7. The molecule has 1 aromatic rings. The molecule has 0 N–H and O–H groups in total. The van der Waals surface area contributed by atoms with E-state index in [1.54, 1.807) is 11.0 Å². The van der Waals surface area contributed by atoms with Gasteiger partial charge in [0, 0.05) is 12.2 Å². The fraction of sp³-hybridized carbons (Fsp3) is 0.429. The van der Waals surface area contributed by atoms with E-state index in [1.165, 1.54) is 6.07 Å². The van der Waals surface area contributed by atoms with Gasteiger partial charge in [-0.1, -0.05) is 0 Å². The lowest BCUT2D eigenvalue weighted by Crippen LogP contribution is -2.40. The standard InChI is InChI=1S/C14H13F3N2O/c15-14(16,17)13-7-11(5-4-10(13)8-18)19-6-2-1-3-12(19)9-20/h4-5,7,9,12H,1-3,6H2. The third kappa shape index (κ3) is 2.77. The van der Waals surface area contributed by atoms with Crippen molar-refractivity contribution in [2.24, 2.45) is 0 Å². The summed E-state index contributed by atoms with van der Waals surface area (Å²) in [5.74, 6) is 0. The normalized spacial score (nSPS) is 19.5. The minimum atomic E-state index is -4.58. The number of hydrogen-bond donors (Lipinski definition) is 0. The predicted octanol–water partition coefficient (Wildman–Crippen LogP) is 3.13. The van der Waals surface area contributed by atoms with Crippen LogP contribution < -0.4 is 4.90 Å². The minimum absolute atomic E-state index is 0.341. The lowest BCUT2D eigenvalue weighted by molar-refractivity contribution is -0.137. The maximum atomic E-state index is 12.9. The van der Waals surface area contributed by atoms with Gasteiger partial charge in [-0.3, -0.25) is 0 Å². The molecule has 1 fully saturated rings. The predicted molar refractivity (Wildman–Crippen MR) is 67.2 cm³/mol. The van der Waals surface area contributed by atoms with Crippen LogP contribution in [0.5, 0.6) is 0 Å². The maximum Gasteiger partial charge on any atom is 0.417 e. The van der Waals surface area contributed by atoms with Gasteiger partial charge in [0.1, 0.15) is 6.29 Å². The van der Waals surface area contributed by atoms with Gasteiger partial charge in [-0.05, 0) is 37.5 Å². The SMILES string of the molecule is N#Cc1ccc(N2CCCCC2C=O)cc1C(F)(F)F. The molecule has 3 nitrogen and oxygen atoms in total. The first-order valence-corrected chi connectivity index (χ1v) is 6.30. The van der Waals surface area contributed by atoms with Crippen LogP contribution in [0.4, 0.5) is 18.9 Å². The molecule has 2 rings (SSSR count). The molecule has 0 saturated carbocycles. The number of carbonyl (C=O) groups is 1. The Morgan fingerprint density at radius 2 is 2.10 bits per heavy atom. The van der Waals surface area contributed by atoms with Crippen molar-refractivity contribution >= 4 is 12.0 Å². The van der Waals surface area contributed by atoms with Crippen molar-refractivity contribution in [3.05, 3.63) is 29.3 Å². The number of carbonyl (C=O) groups excluding carboxylic acids is 1. The topological polar surface area (TPSA) is 44.1 Å².